The van der Waals surface area contributed by atoms with E-state index in [-0.39, 0.29) is 23.3 Å². The van der Waals surface area contributed by atoms with Crippen LogP contribution in [0.1, 0.15) is 29.0 Å². The van der Waals surface area contributed by atoms with Crippen LogP contribution in [0.5, 0.6) is 0 Å². The molecular weight excluding hydrogens is 520 g/mol. The minimum Gasteiger partial charge on any atom is -0.389 e. The Morgan fingerprint density at radius 1 is 1.22 bits per heavy atom. The lowest BCUT2D eigenvalue weighted by Gasteiger charge is -2.23. The Kier molecular flexibility index (Phi) is 9.00. The third-order valence-electron chi connectivity index (χ3n) is 5.39. The summed E-state index contributed by atoms with van der Waals surface area (Å²) in [5.74, 6) is -0.560. The van der Waals surface area contributed by atoms with Crippen LogP contribution >= 0.6 is 11.3 Å². The lowest BCUT2D eigenvalue weighted by Crippen LogP contribution is -2.38. The number of hydrogen-bond acceptors (Lipinski definition) is 10. The van der Waals surface area contributed by atoms with E-state index in [4.69, 9.17) is 14.3 Å². The molecule has 1 saturated heterocycles. The van der Waals surface area contributed by atoms with Gasteiger partial charge in [-0.15, -0.1) is 0 Å². The number of oxime groups is 1. The van der Waals surface area contributed by atoms with Crippen LogP contribution in [0.2, 0.25) is 0 Å². The zero-order chi connectivity index (χ0) is 26.3. The molecule has 1 aliphatic rings. The van der Waals surface area contributed by atoms with E-state index in [1.165, 1.54) is 35.6 Å². The summed E-state index contributed by atoms with van der Waals surface area (Å²) in [6.45, 7) is 1.46. The first kappa shape index (κ1) is 26.9. The van der Waals surface area contributed by atoms with Gasteiger partial charge in [0.25, 0.3) is 5.91 Å². The monoisotopic (exact) mass is 548 g/mol. The molecule has 198 valence electrons. The van der Waals surface area contributed by atoms with Gasteiger partial charge in [-0.3, -0.25) is 14.8 Å². The molecule has 0 bridgehead atoms. The van der Waals surface area contributed by atoms with Crippen LogP contribution < -0.4 is 10.0 Å². The van der Waals surface area contributed by atoms with Gasteiger partial charge in [0.1, 0.15) is 5.69 Å². The quantitative estimate of drug-likeness (QED) is 0.273. The highest BCUT2D eigenvalue weighted by Gasteiger charge is 2.23. The van der Waals surface area contributed by atoms with Crippen molar-refractivity contribution in [3.05, 3.63) is 58.9 Å². The maximum Gasteiger partial charge on any atom is 0.280 e. The first-order chi connectivity index (χ1) is 17.8. The number of aryl methyl sites for hydroxylation is 1. The van der Waals surface area contributed by atoms with Crippen molar-refractivity contribution < 1.29 is 27.5 Å². The number of nitrogens with one attached hydrogen (secondary N) is 2. The predicted molar refractivity (Wildman–Crippen MR) is 137 cm³/mol. The van der Waals surface area contributed by atoms with Gasteiger partial charge >= 0.3 is 0 Å². The fourth-order valence-corrected chi connectivity index (χ4v) is 5.64. The summed E-state index contributed by atoms with van der Waals surface area (Å²) in [6.07, 6.45) is 4.61. The van der Waals surface area contributed by atoms with Crippen molar-refractivity contribution in [3.63, 3.8) is 0 Å². The number of amides is 1. The normalized spacial score (nSPS) is 15.0. The molecule has 12 nitrogen and oxygen atoms in total. The standard InChI is InChI=1S/C23H28N6O6S2/c1-29-10-7-18(26-29)14-35-27-21(22(30)25-23-24-13-19(36-23)15-33-2)16-3-5-20(6-4-16)37(31,32)28-17-8-11-34-12-9-17/h3-7,10,13,17,28H,8-9,11-12,14-15H2,1-2H3,(H,24,25,30)/b27-21+. The highest BCUT2D eigenvalue weighted by Crippen LogP contribution is 2.20. The van der Waals surface area contributed by atoms with Gasteiger partial charge in [-0.1, -0.05) is 28.6 Å². The van der Waals surface area contributed by atoms with Gasteiger partial charge in [-0.05, 0) is 31.0 Å². The Labute approximate surface area is 218 Å². The number of anilines is 1. The largest absolute Gasteiger partial charge is 0.389 e. The first-order valence-corrected chi connectivity index (χ1v) is 13.8. The summed E-state index contributed by atoms with van der Waals surface area (Å²) in [7, 11) is -0.377. The molecule has 1 amide bonds. The van der Waals surface area contributed by atoms with Crippen molar-refractivity contribution in [2.75, 3.05) is 25.6 Å². The fourth-order valence-electron chi connectivity index (χ4n) is 3.55. The third-order valence-corrected chi connectivity index (χ3v) is 7.82. The first-order valence-electron chi connectivity index (χ1n) is 11.5. The summed E-state index contributed by atoms with van der Waals surface area (Å²) in [6, 6.07) is 7.48. The van der Waals surface area contributed by atoms with Gasteiger partial charge in [-0.2, -0.15) is 5.10 Å². The molecular formula is C23H28N6O6S2. The number of thiazole rings is 1. The highest BCUT2D eigenvalue weighted by atomic mass is 32.2. The van der Waals surface area contributed by atoms with E-state index in [2.05, 4.69) is 25.3 Å². The summed E-state index contributed by atoms with van der Waals surface area (Å²) in [5.41, 5.74) is 0.966. The van der Waals surface area contributed by atoms with E-state index in [9.17, 15) is 13.2 Å². The number of aromatic nitrogens is 3. The average molecular weight is 549 g/mol. The van der Waals surface area contributed by atoms with Crippen LogP contribution in [-0.4, -0.2) is 61.2 Å². The van der Waals surface area contributed by atoms with E-state index in [0.29, 0.717) is 49.1 Å². The number of carbonyl (C=O) groups is 1. The van der Waals surface area contributed by atoms with Gasteiger partial charge in [0, 0.05) is 51.4 Å². The van der Waals surface area contributed by atoms with Crippen LogP contribution in [0.15, 0.2) is 52.8 Å². The maximum atomic E-state index is 13.1. The fraction of sp³-hybridized carbons (Fsp3) is 0.391. The third kappa shape index (κ3) is 7.42. The topological polar surface area (TPSA) is 146 Å². The molecule has 0 atom stereocenters. The molecule has 4 rings (SSSR count). The van der Waals surface area contributed by atoms with Gasteiger partial charge in [0.05, 0.1) is 16.4 Å². The minimum atomic E-state index is -3.73. The van der Waals surface area contributed by atoms with E-state index >= 15 is 0 Å². The number of carbonyl (C=O) groups excluding carboxylic acids is 1. The molecule has 0 aliphatic carbocycles. The van der Waals surface area contributed by atoms with Crippen LogP contribution in [0, 0.1) is 0 Å². The van der Waals surface area contributed by atoms with Crippen LogP contribution in [0.3, 0.4) is 0 Å². The number of benzene rings is 1. The zero-order valence-corrected chi connectivity index (χ0v) is 22.0. The smallest absolute Gasteiger partial charge is 0.280 e. The molecule has 1 aliphatic heterocycles. The van der Waals surface area contributed by atoms with Gasteiger partial charge in [-0.25, -0.2) is 18.1 Å². The average Bonchev–Trinajstić information content (AvgIpc) is 3.50. The molecule has 2 N–H and O–H groups in total. The second kappa shape index (κ2) is 12.4. The summed E-state index contributed by atoms with van der Waals surface area (Å²) >= 11 is 1.27. The summed E-state index contributed by atoms with van der Waals surface area (Å²) < 4.78 is 40.4. The lowest BCUT2D eigenvalue weighted by atomic mass is 10.1. The Bertz CT molecular complexity index is 1330. The molecule has 0 unspecified atom stereocenters. The Balaban J connectivity index is 1.52. The van der Waals surface area contributed by atoms with Crippen molar-refractivity contribution >= 4 is 38.1 Å². The number of sulfonamides is 1. The molecule has 1 aromatic carbocycles. The highest BCUT2D eigenvalue weighted by molar-refractivity contribution is 7.89. The van der Waals surface area contributed by atoms with Crippen molar-refractivity contribution in [2.45, 2.75) is 37.0 Å². The van der Waals surface area contributed by atoms with E-state index in [1.54, 1.807) is 37.3 Å². The second-order valence-electron chi connectivity index (χ2n) is 8.25. The number of rotatable bonds is 11. The zero-order valence-electron chi connectivity index (χ0n) is 20.4. The summed E-state index contributed by atoms with van der Waals surface area (Å²) in [5, 5.41) is 11.4. The molecule has 14 heteroatoms. The SMILES string of the molecule is COCc1cnc(NC(=O)/C(=N/OCc2ccn(C)n2)c2ccc(S(=O)(=O)NC3CCOCC3)cc2)s1. The van der Waals surface area contributed by atoms with Crippen molar-refractivity contribution in [1.29, 1.82) is 0 Å². The van der Waals surface area contributed by atoms with E-state index in [0.717, 1.165) is 4.88 Å². The van der Waals surface area contributed by atoms with E-state index < -0.39 is 15.9 Å². The molecule has 3 aromatic rings. The predicted octanol–water partition coefficient (Wildman–Crippen LogP) is 2.04. The molecule has 37 heavy (non-hydrogen) atoms. The Hall–Kier alpha value is -3.17. The summed E-state index contributed by atoms with van der Waals surface area (Å²) in [4.78, 5) is 23.7. The molecule has 3 heterocycles. The van der Waals surface area contributed by atoms with E-state index in [1.807, 2.05) is 0 Å². The molecule has 0 radical (unpaired) electrons. The van der Waals surface area contributed by atoms with Crippen molar-refractivity contribution in [3.8, 4) is 0 Å². The molecule has 0 saturated carbocycles. The lowest BCUT2D eigenvalue weighted by molar-refractivity contribution is -0.110. The van der Waals surface area contributed by atoms with Crippen molar-refractivity contribution in [2.24, 2.45) is 12.2 Å². The Morgan fingerprint density at radius 3 is 2.65 bits per heavy atom. The van der Waals surface area contributed by atoms with Crippen LogP contribution in [0.4, 0.5) is 5.13 Å². The molecule has 2 aromatic heterocycles. The van der Waals surface area contributed by atoms with Gasteiger partial charge in [0.2, 0.25) is 10.0 Å². The number of methoxy groups -OCH3 is 1. The van der Waals surface area contributed by atoms with Gasteiger partial charge in [0.15, 0.2) is 17.5 Å². The minimum absolute atomic E-state index is 0.0410. The number of hydrogen-bond donors (Lipinski definition) is 2. The van der Waals surface area contributed by atoms with Gasteiger partial charge < -0.3 is 14.3 Å². The Morgan fingerprint density at radius 2 is 1.97 bits per heavy atom. The number of ether oxygens (including phenoxy) is 2. The van der Waals surface area contributed by atoms with Crippen molar-refractivity contribution in [1.82, 2.24) is 19.5 Å². The maximum absolute atomic E-state index is 13.1. The number of nitrogens with zero attached hydrogens (tertiary/aromatic N) is 4. The van der Waals surface area contributed by atoms with Crippen LogP contribution in [0.25, 0.3) is 0 Å². The van der Waals surface area contributed by atoms with Crippen LogP contribution in [-0.2, 0) is 49.4 Å². The molecule has 0 spiro atoms. The molecule has 1 fully saturated rings. The second-order valence-corrected chi connectivity index (χ2v) is 11.1.